The zero-order chi connectivity index (χ0) is 9.83. The van der Waals surface area contributed by atoms with Gasteiger partial charge >= 0.3 is 0 Å². The van der Waals surface area contributed by atoms with Crippen molar-refractivity contribution in [2.75, 3.05) is 54.9 Å². The first-order chi connectivity index (χ1) is 5.27. The van der Waals surface area contributed by atoms with E-state index < -0.39 is 0 Å². The fourth-order valence-electron chi connectivity index (χ4n) is 1.13. The summed E-state index contributed by atoms with van der Waals surface area (Å²) in [6.07, 6.45) is 1.32. The monoisotopic (exact) mass is 292 g/mol. The summed E-state index contributed by atoms with van der Waals surface area (Å²) in [5, 5.41) is 0. The van der Waals surface area contributed by atoms with Crippen LogP contribution in [-0.4, -0.2) is 63.8 Å². The lowest BCUT2D eigenvalue weighted by atomic mass is 10.3. The molecule has 0 atom stereocenters. The molecule has 0 heterocycles. The highest BCUT2D eigenvalue weighted by atomic mass is 35.5. The van der Waals surface area contributed by atoms with Crippen molar-refractivity contribution in [3.63, 3.8) is 0 Å². The second-order valence-corrected chi connectivity index (χ2v) is 5.34. The van der Waals surface area contributed by atoms with Gasteiger partial charge in [0.25, 0.3) is 0 Å². The van der Waals surface area contributed by atoms with Crippen molar-refractivity contribution in [2.24, 2.45) is 0 Å². The van der Waals surface area contributed by atoms with Gasteiger partial charge in [-0.15, -0.1) is 0 Å². The highest BCUT2D eigenvalue weighted by molar-refractivity contribution is 4.35. The molecule has 0 saturated carbocycles. The summed E-state index contributed by atoms with van der Waals surface area (Å²) in [6, 6.07) is 0. The van der Waals surface area contributed by atoms with E-state index in [2.05, 4.69) is 42.2 Å². The van der Waals surface area contributed by atoms with Crippen LogP contribution in [0.3, 0.4) is 0 Å². The highest BCUT2D eigenvalue weighted by Crippen LogP contribution is 2.01. The van der Waals surface area contributed by atoms with Crippen LogP contribution in [0, 0.1) is 0 Å². The lowest BCUT2D eigenvalue weighted by molar-refractivity contribution is -0.900. The predicted octanol–water partition coefficient (Wildman–Crippen LogP) is -2.90. The molecule has 0 rings (SSSR count). The molecule has 0 aliphatic rings. The first kappa shape index (κ1) is 36.0. The summed E-state index contributed by atoms with van der Waals surface area (Å²) in [5.74, 6) is 0. The number of quaternary nitrogens is 2. The van der Waals surface area contributed by atoms with Crippen LogP contribution in [0.2, 0.25) is 0 Å². The van der Waals surface area contributed by atoms with Crippen molar-refractivity contribution in [1.82, 2.24) is 0 Å². The van der Waals surface area contributed by atoms with Gasteiger partial charge in [0.05, 0.1) is 54.9 Å². The molecule has 0 saturated heterocycles. The van der Waals surface area contributed by atoms with Crippen LogP contribution >= 0.6 is 0 Å². The number of rotatable bonds is 5. The van der Waals surface area contributed by atoms with Crippen LogP contribution < -0.4 is 24.8 Å². The molecular formula is C13H38Cl2N2. The molecule has 0 aliphatic carbocycles. The van der Waals surface area contributed by atoms with Gasteiger partial charge < -0.3 is 33.8 Å². The van der Waals surface area contributed by atoms with Gasteiger partial charge in [0.2, 0.25) is 0 Å². The van der Waals surface area contributed by atoms with Gasteiger partial charge in [0, 0.05) is 6.42 Å². The minimum Gasteiger partial charge on any atom is -1.00 e. The third-order valence-corrected chi connectivity index (χ3v) is 2.45. The predicted molar refractivity (Wildman–Crippen MR) is 75.2 cm³/mol. The second kappa shape index (κ2) is 14.6. The smallest absolute Gasteiger partial charge is 0.0836 e. The Labute approximate surface area is 124 Å². The number of hydrogen-bond donors (Lipinski definition) is 0. The lowest BCUT2D eigenvalue weighted by Gasteiger charge is -2.30. The highest BCUT2D eigenvalue weighted by Gasteiger charge is 2.14. The van der Waals surface area contributed by atoms with Gasteiger partial charge in [-0.3, -0.25) is 0 Å². The van der Waals surface area contributed by atoms with E-state index >= 15 is 0 Å². The molecule has 0 aliphatic heterocycles. The molecule has 2 nitrogen and oxygen atoms in total. The van der Waals surface area contributed by atoms with E-state index in [4.69, 9.17) is 0 Å². The zero-order valence-corrected chi connectivity index (χ0v) is 12.0. The Morgan fingerprint density at radius 1 is 0.706 bits per heavy atom. The average molecular weight is 293 g/mol. The van der Waals surface area contributed by atoms with E-state index in [-0.39, 0.29) is 47.1 Å². The molecule has 0 N–H and O–H groups in total. The summed E-state index contributed by atoms with van der Waals surface area (Å²) >= 11 is 0. The standard InChI is InChI=1S/C10H26N2.3CH4.2ClH/c1-7-12(5,6)10-8-9-11(2,3)4;;;;;/h7-10H2,1-6H3;3*1H4;2*1H/q+2;;;;;/p-2. The minimum absolute atomic E-state index is 0. The summed E-state index contributed by atoms with van der Waals surface area (Å²) < 4.78 is 2.24. The average Bonchev–Trinajstić information content (AvgIpc) is 1.84. The topological polar surface area (TPSA) is 0 Å². The van der Waals surface area contributed by atoms with Crippen LogP contribution in [0.5, 0.6) is 0 Å². The van der Waals surface area contributed by atoms with Crippen molar-refractivity contribution in [3.05, 3.63) is 0 Å². The molecule has 0 unspecified atom stereocenters. The van der Waals surface area contributed by atoms with Crippen molar-refractivity contribution < 1.29 is 33.8 Å². The number of hydrogen-bond acceptors (Lipinski definition) is 0. The van der Waals surface area contributed by atoms with E-state index in [1.807, 2.05) is 0 Å². The molecule has 0 aromatic carbocycles. The summed E-state index contributed by atoms with van der Waals surface area (Å²) in [5.41, 5.74) is 0. The fraction of sp³-hybridized carbons (Fsp3) is 1.00. The quantitative estimate of drug-likeness (QED) is 0.477. The number of nitrogens with zero attached hydrogens (tertiary/aromatic N) is 2. The van der Waals surface area contributed by atoms with Crippen molar-refractivity contribution in [1.29, 1.82) is 0 Å². The SMILES string of the molecule is C.C.C.CC[N+](C)(C)CCC[N+](C)(C)C.[Cl-].[Cl-]. The largest absolute Gasteiger partial charge is 1.00 e. The lowest BCUT2D eigenvalue weighted by Crippen LogP contribution is -3.00. The maximum atomic E-state index is 2.30. The third-order valence-electron chi connectivity index (χ3n) is 2.45. The maximum Gasteiger partial charge on any atom is 0.0836 e. The van der Waals surface area contributed by atoms with Crippen LogP contribution in [-0.2, 0) is 0 Å². The zero-order valence-electron chi connectivity index (χ0n) is 10.5. The molecule has 0 aromatic heterocycles. The van der Waals surface area contributed by atoms with Crippen LogP contribution in [0.15, 0.2) is 0 Å². The normalized spacial score (nSPS) is 9.53. The Balaban J connectivity index is -0.0000000605. The van der Waals surface area contributed by atoms with Crippen molar-refractivity contribution in [2.45, 2.75) is 35.6 Å². The summed E-state index contributed by atoms with van der Waals surface area (Å²) in [7, 11) is 11.4. The van der Waals surface area contributed by atoms with Gasteiger partial charge in [-0.1, -0.05) is 22.3 Å². The van der Waals surface area contributed by atoms with Gasteiger partial charge in [-0.05, 0) is 6.92 Å². The van der Waals surface area contributed by atoms with Crippen molar-refractivity contribution in [3.8, 4) is 0 Å². The van der Waals surface area contributed by atoms with Gasteiger partial charge in [0.15, 0.2) is 0 Å². The van der Waals surface area contributed by atoms with Crippen LogP contribution in [0.4, 0.5) is 0 Å². The molecule has 17 heavy (non-hydrogen) atoms. The van der Waals surface area contributed by atoms with Gasteiger partial charge in [0.1, 0.15) is 0 Å². The summed E-state index contributed by atoms with van der Waals surface area (Å²) in [6.45, 7) is 6.07. The Morgan fingerprint density at radius 2 is 1.06 bits per heavy atom. The van der Waals surface area contributed by atoms with Gasteiger partial charge in [-0.2, -0.15) is 0 Å². The van der Waals surface area contributed by atoms with Crippen LogP contribution in [0.1, 0.15) is 35.6 Å². The van der Waals surface area contributed by atoms with E-state index in [9.17, 15) is 0 Å². The Hall–Kier alpha value is 0.500. The van der Waals surface area contributed by atoms with E-state index in [1.54, 1.807) is 0 Å². The second-order valence-electron chi connectivity index (χ2n) is 5.34. The molecule has 0 spiro atoms. The Morgan fingerprint density at radius 3 is 1.29 bits per heavy atom. The molecule has 0 amide bonds. The molecule has 114 valence electrons. The van der Waals surface area contributed by atoms with E-state index in [0.717, 1.165) is 8.97 Å². The molecule has 0 radical (unpaired) electrons. The number of halogens is 2. The first-order valence-electron chi connectivity index (χ1n) is 4.89. The van der Waals surface area contributed by atoms with Crippen molar-refractivity contribution >= 4 is 0 Å². The molecule has 0 bridgehead atoms. The first-order valence-corrected chi connectivity index (χ1v) is 4.89. The fourth-order valence-corrected chi connectivity index (χ4v) is 1.13. The molecule has 4 heteroatoms. The molecule has 0 aromatic rings. The molecule has 0 fully saturated rings. The maximum absolute atomic E-state index is 2.30. The van der Waals surface area contributed by atoms with E-state index in [0.29, 0.717) is 0 Å². The molecular weight excluding hydrogens is 255 g/mol. The third kappa shape index (κ3) is 26.2. The summed E-state index contributed by atoms with van der Waals surface area (Å²) in [4.78, 5) is 0. The Bertz CT molecular complexity index is 132. The minimum atomic E-state index is 0. The van der Waals surface area contributed by atoms with E-state index in [1.165, 1.54) is 26.1 Å². The van der Waals surface area contributed by atoms with Crippen LogP contribution in [0.25, 0.3) is 0 Å². The Kier molecular flexibility index (Phi) is 30.9. The van der Waals surface area contributed by atoms with Gasteiger partial charge in [-0.25, -0.2) is 0 Å².